The first-order chi connectivity index (χ1) is 13.0. The Hall–Kier alpha value is -2.74. The molecule has 7 nitrogen and oxygen atoms in total. The molecule has 0 bridgehead atoms. The fourth-order valence-electron chi connectivity index (χ4n) is 3.15. The van der Waals surface area contributed by atoms with E-state index in [1.165, 1.54) is 27.5 Å². The monoisotopic (exact) mass is 434 g/mol. The van der Waals surface area contributed by atoms with Crippen molar-refractivity contribution in [3.05, 3.63) is 51.0 Å². The summed E-state index contributed by atoms with van der Waals surface area (Å²) in [6, 6.07) is 6.73. The van der Waals surface area contributed by atoms with Crippen LogP contribution in [0.25, 0.3) is 10.9 Å². The molecule has 0 spiro atoms. The molecule has 0 aliphatic heterocycles. The van der Waals surface area contributed by atoms with Gasteiger partial charge in [-0.2, -0.15) is 0 Å². The molecule has 2 aromatic heterocycles. The zero-order valence-electron chi connectivity index (χ0n) is 15.4. The number of carbonyl (C=O) groups is 1. The van der Waals surface area contributed by atoms with Crippen molar-refractivity contribution in [1.29, 1.82) is 0 Å². The van der Waals surface area contributed by atoms with Crippen LogP contribution in [-0.2, 0) is 6.54 Å². The molecule has 0 saturated heterocycles. The quantitative estimate of drug-likeness (QED) is 0.615. The molecule has 2 heterocycles. The van der Waals surface area contributed by atoms with E-state index in [9.17, 15) is 9.59 Å². The number of benzene rings is 1. The molecule has 3 rings (SSSR count). The van der Waals surface area contributed by atoms with Gasteiger partial charge >= 0.3 is 0 Å². The maximum Gasteiger partial charge on any atom is 0.281 e. The third-order valence-corrected chi connectivity index (χ3v) is 4.94. The average molecular weight is 435 g/mol. The Balaban J connectivity index is 2.33. The molecule has 0 fully saturated rings. The lowest BCUT2D eigenvalue weighted by atomic mass is 10.2. The van der Waals surface area contributed by atoms with Crippen molar-refractivity contribution < 1.29 is 19.0 Å². The summed E-state index contributed by atoms with van der Waals surface area (Å²) in [5, 5.41) is 0.748. The van der Waals surface area contributed by atoms with Gasteiger partial charge in [0.1, 0.15) is 5.69 Å². The highest BCUT2D eigenvalue weighted by molar-refractivity contribution is 9.10. The van der Waals surface area contributed by atoms with Crippen LogP contribution in [0.15, 0.2) is 39.7 Å². The number of carbonyl (C=O) groups excluding carboxylic acids is 1. The Labute approximate surface area is 164 Å². The number of halogens is 1. The predicted molar refractivity (Wildman–Crippen MR) is 105 cm³/mol. The molecule has 0 saturated carbocycles. The first-order valence-corrected chi connectivity index (χ1v) is 9.01. The number of rotatable bonds is 5. The molecule has 0 unspecified atom stereocenters. The Morgan fingerprint density at radius 2 is 1.81 bits per heavy atom. The van der Waals surface area contributed by atoms with Crippen LogP contribution in [-0.4, -0.2) is 36.4 Å². The minimum Gasteiger partial charge on any atom is -0.493 e. The van der Waals surface area contributed by atoms with Gasteiger partial charge in [-0.1, -0.05) is 0 Å². The molecule has 0 aliphatic rings. The first-order valence-electron chi connectivity index (χ1n) is 8.22. The number of ether oxygens (including phenoxy) is 3. The molecular formula is C19H19BrN2O5. The predicted octanol–water partition coefficient (Wildman–Crippen LogP) is 3.30. The first kappa shape index (κ1) is 19.0. The lowest BCUT2D eigenvalue weighted by Gasteiger charge is -2.15. The SMILES string of the molecule is CCn1c(C(=O)n2cccc(Br)c2=O)cc2cc(OC)c(OC)c(OC)c21. The van der Waals surface area contributed by atoms with Crippen molar-refractivity contribution in [3.63, 3.8) is 0 Å². The summed E-state index contributed by atoms with van der Waals surface area (Å²) in [6.45, 7) is 2.41. The van der Waals surface area contributed by atoms with Gasteiger partial charge in [0.05, 0.1) is 31.3 Å². The molecule has 0 aliphatic carbocycles. The Morgan fingerprint density at radius 1 is 1.11 bits per heavy atom. The van der Waals surface area contributed by atoms with Crippen molar-refractivity contribution >= 4 is 32.7 Å². The van der Waals surface area contributed by atoms with Gasteiger partial charge in [-0.3, -0.25) is 9.59 Å². The average Bonchev–Trinajstić information content (AvgIpc) is 3.06. The Bertz CT molecular complexity index is 1080. The molecule has 142 valence electrons. The Morgan fingerprint density at radius 3 is 2.41 bits per heavy atom. The van der Waals surface area contributed by atoms with Gasteiger partial charge in [0.15, 0.2) is 11.5 Å². The summed E-state index contributed by atoms with van der Waals surface area (Å²) in [7, 11) is 4.59. The molecule has 0 amide bonds. The van der Waals surface area contributed by atoms with Crippen molar-refractivity contribution in [3.8, 4) is 17.2 Å². The number of methoxy groups -OCH3 is 3. The molecule has 0 N–H and O–H groups in total. The Kier molecular flexibility index (Phi) is 5.27. The van der Waals surface area contributed by atoms with E-state index in [0.29, 0.717) is 39.5 Å². The number of hydrogen-bond donors (Lipinski definition) is 0. The van der Waals surface area contributed by atoms with Crippen molar-refractivity contribution in [2.75, 3.05) is 21.3 Å². The molecule has 3 aromatic rings. The van der Waals surface area contributed by atoms with Gasteiger partial charge in [-0.05, 0) is 47.1 Å². The summed E-state index contributed by atoms with van der Waals surface area (Å²) >= 11 is 3.17. The highest BCUT2D eigenvalue weighted by Crippen LogP contribution is 2.44. The van der Waals surface area contributed by atoms with Crippen LogP contribution in [0.2, 0.25) is 0 Å². The van der Waals surface area contributed by atoms with Crippen LogP contribution < -0.4 is 19.8 Å². The molecule has 1 aromatic carbocycles. The summed E-state index contributed by atoms with van der Waals surface area (Å²) in [5.41, 5.74) is 0.642. The zero-order valence-corrected chi connectivity index (χ0v) is 17.0. The highest BCUT2D eigenvalue weighted by Gasteiger charge is 2.24. The van der Waals surface area contributed by atoms with E-state index in [0.717, 1.165) is 9.95 Å². The van der Waals surface area contributed by atoms with E-state index >= 15 is 0 Å². The summed E-state index contributed by atoms with van der Waals surface area (Å²) in [5.74, 6) is 0.973. The maximum absolute atomic E-state index is 13.1. The molecule has 0 radical (unpaired) electrons. The van der Waals surface area contributed by atoms with Crippen molar-refractivity contribution in [2.45, 2.75) is 13.5 Å². The lowest BCUT2D eigenvalue weighted by molar-refractivity contribution is 0.0947. The van der Waals surface area contributed by atoms with E-state index in [1.54, 1.807) is 28.8 Å². The van der Waals surface area contributed by atoms with Crippen molar-refractivity contribution in [1.82, 2.24) is 9.13 Å². The van der Waals surface area contributed by atoms with Crippen LogP contribution in [0.5, 0.6) is 17.2 Å². The van der Waals surface area contributed by atoms with Gasteiger partial charge < -0.3 is 18.8 Å². The number of hydrogen-bond acceptors (Lipinski definition) is 5. The number of aryl methyl sites for hydroxylation is 1. The number of aromatic nitrogens is 2. The van der Waals surface area contributed by atoms with E-state index in [1.807, 2.05) is 6.92 Å². The maximum atomic E-state index is 13.1. The summed E-state index contributed by atoms with van der Waals surface area (Å²) in [4.78, 5) is 25.4. The topological polar surface area (TPSA) is 71.7 Å². The smallest absolute Gasteiger partial charge is 0.281 e. The number of nitrogens with zero attached hydrogens (tertiary/aromatic N) is 2. The second-order valence-electron chi connectivity index (χ2n) is 5.69. The van der Waals surface area contributed by atoms with E-state index in [4.69, 9.17) is 14.2 Å². The molecule has 27 heavy (non-hydrogen) atoms. The minimum absolute atomic E-state index is 0.318. The van der Waals surface area contributed by atoms with Gasteiger partial charge in [0, 0.05) is 18.1 Å². The standard InChI is InChI=1S/C19H19BrN2O5/c1-5-21-13(19(24)22-8-6-7-12(20)18(22)23)9-11-10-14(25-2)16(26-3)17(27-4)15(11)21/h6-10H,5H2,1-4H3. The summed E-state index contributed by atoms with van der Waals surface area (Å²) in [6.07, 6.45) is 1.45. The largest absolute Gasteiger partial charge is 0.493 e. The second-order valence-corrected chi connectivity index (χ2v) is 6.55. The van der Waals surface area contributed by atoms with Gasteiger partial charge in [0.25, 0.3) is 11.5 Å². The van der Waals surface area contributed by atoms with Crippen LogP contribution in [0.1, 0.15) is 17.4 Å². The molecular weight excluding hydrogens is 416 g/mol. The van der Waals surface area contributed by atoms with E-state index in [2.05, 4.69) is 15.9 Å². The second kappa shape index (κ2) is 7.48. The fourth-order valence-corrected chi connectivity index (χ4v) is 3.49. The third-order valence-electron chi connectivity index (χ3n) is 4.34. The van der Waals surface area contributed by atoms with Crippen LogP contribution >= 0.6 is 15.9 Å². The number of pyridine rings is 1. The third kappa shape index (κ3) is 2.99. The zero-order chi connectivity index (χ0) is 19.7. The van der Waals surface area contributed by atoms with E-state index < -0.39 is 11.5 Å². The lowest BCUT2D eigenvalue weighted by Crippen LogP contribution is -2.28. The normalized spacial score (nSPS) is 10.9. The highest BCUT2D eigenvalue weighted by atomic mass is 79.9. The van der Waals surface area contributed by atoms with Crippen LogP contribution in [0.3, 0.4) is 0 Å². The minimum atomic E-state index is -0.431. The van der Waals surface area contributed by atoms with Gasteiger partial charge in [-0.15, -0.1) is 0 Å². The van der Waals surface area contributed by atoms with E-state index in [-0.39, 0.29) is 0 Å². The van der Waals surface area contributed by atoms with Gasteiger partial charge in [0.2, 0.25) is 5.75 Å². The van der Waals surface area contributed by atoms with Gasteiger partial charge in [-0.25, -0.2) is 4.57 Å². The fraction of sp³-hybridized carbons (Fsp3) is 0.263. The molecule has 0 atom stereocenters. The number of fused-ring (bicyclic) bond motifs is 1. The summed E-state index contributed by atoms with van der Waals surface area (Å²) < 4.78 is 19.6. The van der Waals surface area contributed by atoms with Crippen molar-refractivity contribution in [2.24, 2.45) is 0 Å². The molecule has 8 heteroatoms. The van der Waals surface area contributed by atoms with Crippen LogP contribution in [0, 0.1) is 0 Å². The van der Waals surface area contributed by atoms with Crippen LogP contribution in [0.4, 0.5) is 0 Å².